The van der Waals surface area contributed by atoms with E-state index in [4.69, 9.17) is 0 Å². The summed E-state index contributed by atoms with van der Waals surface area (Å²) in [6.07, 6.45) is 9.37. The number of nitrogens with zero attached hydrogens (tertiary/aromatic N) is 3. The molecule has 0 saturated carbocycles. The first-order valence-electron chi connectivity index (χ1n) is 8.63. The molecule has 1 fully saturated rings. The second-order valence-corrected chi connectivity index (χ2v) is 6.30. The second-order valence-electron chi connectivity index (χ2n) is 6.30. The summed E-state index contributed by atoms with van der Waals surface area (Å²) in [5.74, 6) is 0.624. The lowest BCUT2D eigenvalue weighted by Gasteiger charge is -2.32. The number of hydrogen-bond donors (Lipinski definition) is 1. The van der Waals surface area contributed by atoms with Gasteiger partial charge in [0.1, 0.15) is 0 Å². The van der Waals surface area contributed by atoms with Gasteiger partial charge in [-0.25, -0.2) is 4.79 Å². The number of carbonyl (C=O) groups is 1. The van der Waals surface area contributed by atoms with Gasteiger partial charge in [-0.2, -0.15) is 0 Å². The summed E-state index contributed by atoms with van der Waals surface area (Å²) in [4.78, 5) is 22.7. The second kappa shape index (κ2) is 8.43. The molecule has 5 heteroatoms. The predicted octanol–water partition coefficient (Wildman–Crippen LogP) is 2.68. The SMILES string of the molecule is O=C(NCCc1cccnc1)N1CCC(Cc2ccccn2)CC1. The van der Waals surface area contributed by atoms with E-state index in [1.54, 1.807) is 6.20 Å². The van der Waals surface area contributed by atoms with Crippen LogP contribution in [0, 0.1) is 5.92 Å². The van der Waals surface area contributed by atoms with E-state index >= 15 is 0 Å². The predicted molar refractivity (Wildman–Crippen MR) is 93.6 cm³/mol. The van der Waals surface area contributed by atoms with Crippen molar-refractivity contribution in [2.75, 3.05) is 19.6 Å². The van der Waals surface area contributed by atoms with E-state index in [1.165, 1.54) is 0 Å². The molecule has 3 heterocycles. The summed E-state index contributed by atoms with van der Waals surface area (Å²) in [5, 5.41) is 3.01. The first kappa shape index (κ1) is 16.4. The van der Waals surface area contributed by atoms with Crippen LogP contribution in [0.3, 0.4) is 0 Å². The molecule has 1 aliphatic heterocycles. The summed E-state index contributed by atoms with van der Waals surface area (Å²) in [6.45, 7) is 2.31. The van der Waals surface area contributed by atoms with Crippen LogP contribution in [0.25, 0.3) is 0 Å². The molecule has 0 unspecified atom stereocenters. The van der Waals surface area contributed by atoms with Crippen molar-refractivity contribution in [1.82, 2.24) is 20.2 Å². The van der Waals surface area contributed by atoms with Crippen LogP contribution in [0.5, 0.6) is 0 Å². The average Bonchev–Trinajstić information content (AvgIpc) is 2.64. The molecule has 1 saturated heterocycles. The van der Waals surface area contributed by atoms with Gasteiger partial charge in [-0.1, -0.05) is 12.1 Å². The Hall–Kier alpha value is -2.43. The Labute approximate surface area is 143 Å². The van der Waals surface area contributed by atoms with Gasteiger partial charge in [0, 0.05) is 43.9 Å². The number of likely N-dealkylation sites (tertiary alicyclic amines) is 1. The van der Waals surface area contributed by atoms with Crippen molar-refractivity contribution in [3.63, 3.8) is 0 Å². The van der Waals surface area contributed by atoms with Gasteiger partial charge in [0.25, 0.3) is 0 Å². The van der Waals surface area contributed by atoms with E-state index < -0.39 is 0 Å². The van der Waals surface area contributed by atoms with Gasteiger partial charge in [0.2, 0.25) is 0 Å². The maximum atomic E-state index is 12.2. The monoisotopic (exact) mass is 324 g/mol. The summed E-state index contributed by atoms with van der Waals surface area (Å²) < 4.78 is 0. The third kappa shape index (κ3) is 4.78. The van der Waals surface area contributed by atoms with Crippen LogP contribution in [0.4, 0.5) is 4.79 Å². The van der Waals surface area contributed by atoms with Crippen molar-refractivity contribution in [3.8, 4) is 0 Å². The number of urea groups is 1. The highest BCUT2D eigenvalue weighted by atomic mass is 16.2. The molecule has 0 spiro atoms. The number of piperidine rings is 1. The minimum Gasteiger partial charge on any atom is -0.338 e. The van der Waals surface area contributed by atoms with Crippen LogP contribution >= 0.6 is 0 Å². The Bertz CT molecular complexity index is 624. The van der Waals surface area contributed by atoms with E-state index in [2.05, 4.69) is 21.4 Å². The van der Waals surface area contributed by atoms with Crippen LogP contribution in [0.15, 0.2) is 48.9 Å². The molecular weight excluding hydrogens is 300 g/mol. The lowest BCUT2D eigenvalue weighted by atomic mass is 9.92. The Morgan fingerprint density at radius 1 is 1.17 bits per heavy atom. The van der Waals surface area contributed by atoms with Crippen molar-refractivity contribution >= 4 is 6.03 Å². The van der Waals surface area contributed by atoms with Gasteiger partial charge in [0.15, 0.2) is 0 Å². The van der Waals surface area contributed by atoms with Crippen LogP contribution in [-0.4, -0.2) is 40.5 Å². The molecule has 2 aromatic heterocycles. The molecule has 5 nitrogen and oxygen atoms in total. The number of nitrogens with one attached hydrogen (secondary N) is 1. The largest absolute Gasteiger partial charge is 0.338 e. The zero-order chi connectivity index (χ0) is 16.6. The molecule has 2 aromatic rings. The minimum atomic E-state index is 0.0511. The van der Waals surface area contributed by atoms with Crippen molar-refractivity contribution in [2.24, 2.45) is 5.92 Å². The maximum Gasteiger partial charge on any atom is 0.317 e. The molecule has 0 aliphatic carbocycles. The minimum absolute atomic E-state index is 0.0511. The van der Waals surface area contributed by atoms with E-state index in [1.807, 2.05) is 41.6 Å². The number of aromatic nitrogens is 2. The maximum absolute atomic E-state index is 12.2. The van der Waals surface area contributed by atoms with Crippen molar-refractivity contribution in [2.45, 2.75) is 25.7 Å². The van der Waals surface area contributed by atoms with Crippen LogP contribution in [-0.2, 0) is 12.8 Å². The van der Waals surface area contributed by atoms with Gasteiger partial charge >= 0.3 is 6.03 Å². The third-order valence-electron chi connectivity index (χ3n) is 4.54. The van der Waals surface area contributed by atoms with Crippen molar-refractivity contribution in [1.29, 1.82) is 0 Å². The Morgan fingerprint density at radius 2 is 2.04 bits per heavy atom. The Morgan fingerprint density at radius 3 is 2.75 bits per heavy atom. The summed E-state index contributed by atoms with van der Waals surface area (Å²) in [6, 6.07) is 10.1. The molecule has 1 aliphatic rings. The third-order valence-corrected chi connectivity index (χ3v) is 4.54. The average molecular weight is 324 g/mol. The van der Waals surface area contributed by atoms with E-state index in [9.17, 15) is 4.79 Å². The number of amides is 2. The van der Waals surface area contributed by atoms with Gasteiger partial charge in [0.05, 0.1) is 0 Å². The molecule has 0 bridgehead atoms. The highest BCUT2D eigenvalue weighted by Crippen LogP contribution is 2.20. The topological polar surface area (TPSA) is 58.1 Å². The molecule has 24 heavy (non-hydrogen) atoms. The summed E-state index contributed by atoms with van der Waals surface area (Å²) in [7, 11) is 0. The van der Waals surface area contributed by atoms with Crippen molar-refractivity contribution in [3.05, 3.63) is 60.2 Å². The molecule has 0 atom stereocenters. The first-order valence-corrected chi connectivity index (χ1v) is 8.63. The molecule has 126 valence electrons. The fourth-order valence-electron chi connectivity index (χ4n) is 3.13. The van der Waals surface area contributed by atoms with Crippen LogP contribution in [0.2, 0.25) is 0 Å². The lowest BCUT2D eigenvalue weighted by Crippen LogP contribution is -2.45. The summed E-state index contributed by atoms with van der Waals surface area (Å²) in [5.41, 5.74) is 2.30. The quantitative estimate of drug-likeness (QED) is 0.920. The van der Waals surface area contributed by atoms with Gasteiger partial charge in [-0.3, -0.25) is 9.97 Å². The molecule has 3 rings (SSSR count). The molecule has 0 radical (unpaired) electrons. The van der Waals surface area contributed by atoms with Crippen LogP contribution in [0.1, 0.15) is 24.1 Å². The number of hydrogen-bond acceptors (Lipinski definition) is 3. The highest BCUT2D eigenvalue weighted by molar-refractivity contribution is 5.74. The van der Waals surface area contributed by atoms with Gasteiger partial charge < -0.3 is 10.2 Å². The number of carbonyl (C=O) groups excluding carboxylic acids is 1. The van der Waals surface area contributed by atoms with Crippen LogP contribution < -0.4 is 5.32 Å². The lowest BCUT2D eigenvalue weighted by molar-refractivity contribution is 0.170. The standard InChI is InChI=1S/C19H24N4O/c24-19(22-11-6-17-4-3-9-20-15-17)23-12-7-16(8-13-23)14-18-5-1-2-10-21-18/h1-5,9-10,15-16H,6-8,11-14H2,(H,22,24). The molecule has 0 aromatic carbocycles. The molecule has 1 N–H and O–H groups in total. The molecule has 2 amide bonds. The van der Waals surface area contributed by atoms with E-state index in [0.717, 1.165) is 50.0 Å². The Balaban J connectivity index is 1.37. The van der Waals surface area contributed by atoms with Crippen molar-refractivity contribution < 1.29 is 4.79 Å². The Kier molecular flexibility index (Phi) is 5.77. The number of rotatable bonds is 5. The van der Waals surface area contributed by atoms with E-state index in [0.29, 0.717) is 12.5 Å². The zero-order valence-electron chi connectivity index (χ0n) is 13.9. The normalized spacial score (nSPS) is 15.2. The van der Waals surface area contributed by atoms with E-state index in [-0.39, 0.29) is 6.03 Å². The molecular formula is C19H24N4O. The summed E-state index contributed by atoms with van der Waals surface area (Å²) >= 11 is 0. The smallest absolute Gasteiger partial charge is 0.317 e. The van der Waals surface area contributed by atoms with Gasteiger partial charge in [-0.05, 0) is 55.4 Å². The first-order chi connectivity index (χ1) is 11.8. The zero-order valence-corrected chi connectivity index (χ0v) is 13.9. The van der Waals surface area contributed by atoms with Gasteiger partial charge in [-0.15, -0.1) is 0 Å². The fourth-order valence-corrected chi connectivity index (χ4v) is 3.13. The number of pyridine rings is 2. The highest BCUT2D eigenvalue weighted by Gasteiger charge is 2.22. The fraction of sp³-hybridized carbons (Fsp3) is 0.421.